The molecule has 2 heterocycles. The van der Waals surface area contributed by atoms with Gasteiger partial charge in [-0.3, -0.25) is 33.7 Å². The Labute approximate surface area is 331 Å². The second kappa shape index (κ2) is 15.4. The number of Topliss-reactive ketones (excluding diaryl/α,β-unsaturated/α-hetero) is 4. The quantitative estimate of drug-likeness (QED) is 0.160. The van der Waals surface area contributed by atoms with Crippen LogP contribution in [0.3, 0.4) is 0 Å². The van der Waals surface area contributed by atoms with Crippen LogP contribution < -0.4 is 5.32 Å². The van der Waals surface area contributed by atoms with E-state index in [1.165, 1.54) is 0 Å². The number of hydrogen-bond donors (Lipinski definition) is 1. The molecule has 1 N–H and O–H groups in total. The standard InChI is InChI=1S/C46H73N3O6/c1-10-15-31(39(53)37(52)24-29-18-19-29)25-35(50)34-27-46(44(8,9)45(46)21-14-22-45)28-48(34)41(55)32(42(2,3)4)26-36(51)38(30-16-12-11-13-17-30)47-40(54)33-20-23-49(33)43(5,6)7/h29-34,38H,10-28H2,1-9H3,(H,47,54)/t31-,32-,33?,34+,38+,46-/m1/s1. The molecule has 6 aliphatic rings. The molecule has 2 spiro atoms. The Kier molecular flexibility index (Phi) is 11.8. The van der Waals surface area contributed by atoms with Crippen LogP contribution >= 0.6 is 0 Å². The number of hydrogen-bond acceptors (Lipinski definition) is 7. The van der Waals surface area contributed by atoms with Gasteiger partial charge < -0.3 is 10.2 Å². The third kappa shape index (κ3) is 7.79. The minimum Gasteiger partial charge on any atom is -0.345 e. The minimum atomic E-state index is -0.687. The van der Waals surface area contributed by atoms with Crippen molar-refractivity contribution in [3.05, 3.63) is 0 Å². The van der Waals surface area contributed by atoms with Crippen LogP contribution in [0.4, 0.5) is 0 Å². The van der Waals surface area contributed by atoms with Crippen LogP contribution in [0, 0.1) is 45.3 Å². The number of amides is 2. The Morgan fingerprint density at radius 1 is 0.800 bits per heavy atom. The predicted molar refractivity (Wildman–Crippen MR) is 214 cm³/mol. The first kappa shape index (κ1) is 42.2. The minimum absolute atomic E-state index is 0.00297. The maximum absolute atomic E-state index is 15.2. The molecule has 0 aromatic carbocycles. The van der Waals surface area contributed by atoms with Crippen molar-refractivity contribution >= 4 is 34.9 Å². The van der Waals surface area contributed by atoms with Crippen molar-refractivity contribution in [3.8, 4) is 0 Å². The van der Waals surface area contributed by atoms with Crippen molar-refractivity contribution < 1.29 is 28.8 Å². The van der Waals surface area contributed by atoms with E-state index in [2.05, 4.69) is 44.8 Å². The normalized spacial score (nSPS) is 29.2. The summed E-state index contributed by atoms with van der Waals surface area (Å²) in [5.41, 5.74) is -0.862. The van der Waals surface area contributed by atoms with Crippen molar-refractivity contribution in [2.24, 2.45) is 45.3 Å². The summed E-state index contributed by atoms with van der Waals surface area (Å²) in [5, 5.41) is 3.24. The Morgan fingerprint density at radius 3 is 1.95 bits per heavy atom. The van der Waals surface area contributed by atoms with Gasteiger partial charge in [0.25, 0.3) is 0 Å². The maximum atomic E-state index is 15.2. The van der Waals surface area contributed by atoms with Crippen LogP contribution in [0.1, 0.15) is 171 Å². The first-order chi connectivity index (χ1) is 25.7. The van der Waals surface area contributed by atoms with Crippen LogP contribution in [0.15, 0.2) is 0 Å². The van der Waals surface area contributed by atoms with Crippen LogP contribution in [0.2, 0.25) is 0 Å². The molecule has 0 bridgehead atoms. The summed E-state index contributed by atoms with van der Waals surface area (Å²) in [4.78, 5) is 88.8. The fourth-order valence-electron chi connectivity index (χ4n) is 12.0. The lowest BCUT2D eigenvalue weighted by Crippen LogP contribution is -2.64. The molecule has 4 saturated carbocycles. The van der Waals surface area contributed by atoms with Gasteiger partial charge in [0, 0.05) is 55.1 Å². The van der Waals surface area contributed by atoms with Crippen LogP contribution in [-0.2, 0) is 28.8 Å². The fraction of sp³-hybridized carbons (Fsp3) is 0.870. The van der Waals surface area contributed by atoms with Crippen LogP contribution in [-0.4, -0.2) is 81.5 Å². The van der Waals surface area contributed by atoms with Crippen molar-refractivity contribution in [1.82, 2.24) is 15.1 Å². The van der Waals surface area contributed by atoms with E-state index in [1.807, 2.05) is 32.6 Å². The molecule has 2 aliphatic heterocycles. The molecule has 0 aromatic heterocycles. The number of nitrogens with one attached hydrogen (secondary N) is 1. The molecular weight excluding hydrogens is 691 g/mol. The van der Waals surface area contributed by atoms with Gasteiger partial charge in [-0.15, -0.1) is 0 Å². The molecule has 2 saturated heterocycles. The highest BCUT2D eigenvalue weighted by Gasteiger charge is 2.85. The van der Waals surface area contributed by atoms with Gasteiger partial charge in [0.05, 0.1) is 18.1 Å². The van der Waals surface area contributed by atoms with Gasteiger partial charge in [-0.2, -0.15) is 0 Å². The average molecular weight is 764 g/mol. The van der Waals surface area contributed by atoms with E-state index in [1.54, 1.807) is 0 Å². The molecule has 1 unspecified atom stereocenters. The summed E-state index contributed by atoms with van der Waals surface area (Å²) in [6, 6.07) is -1.60. The monoisotopic (exact) mass is 764 g/mol. The molecule has 6 rings (SSSR count). The van der Waals surface area contributed by atoms with E-state index in [0.717, 1.165) is 77.2 Å². The highest BCUT2D eigenvalue weighted by Crippen LogP contribution is 2.88. The second-order valence-corrected chi connectivity index (χ2v) is 21.6. The van der Waals surface area contributed by atoms with E-state index in [0.29, 0.717) is 31.7 Å². The molecule has 0 radical (unpaired) electrons. The molecule has 9 nitrogen and oxygen atoms in total. The first-order valence-corrected chi connectivity index (χ1v) is 22.2. The molecule has 2 amide bonds. The van der Waals surface area contributed by atoms with E-state index < -0.39 is 35.1 Å². The van der Waals surface area contributed by atoms with Crippen molar-refractivity contribution in [2.45, 2.75) is 195 Å². The van der Waals surface area contributed by atoms with Gasteiger partial charge in [-0.25, -0.2) is 0 Å². The number of nitrogens with zero attached hydrogens (tertiary/aromatic N) is 2. The number of carbonyl (C=O) groups is 6. The van der Waals surface area contributed by atoms with Gasteiger partial charge in [-0.1, -0.05) is 73.6 Å². The zero-order chi connectivity index (χ0) is 40.3. The number of rotatable bonds is 16. The molecule has 308 valence electrons. The summed E-state index contributed by atoms with van der Waals surface area (Å²) in [7, 11) is 0. The largest absolute Gasteiger partial charge is 0.345 e. The van der Waals surface area contributed by atoms with E-state index >= 15 is 4.79 Å². The molecule has 0 aromatic rings. The highest BCUT2D eigenvalue weighted by molar-refractivity contribution is 6.38. The van der Waals surface area contributed by atoms with E-state index in [-0.39, 0.29) is 82.2 Å². The fourth-order valence-corrected chi connectivity index (χ4v) is 12.0. The number of carbonyl (C=O) groups excluding carboxylic acids is 6. The Balaban J connectivity index is 1.25. The Hall–Kier alpha value is -2.42. The first-order valence-electron chi connectivity index (χ1n) is 22.2. The maximum Gasteiger partial charge on any atom is 0.238 e. The molecule has 6 fully saturated rings. The summed E-state index contributed by atoms with van der Waals surface area (Å²) in [6.45, 7) is 20.3. The Bertz CT molecular complexity index is 1520. The molecule has 6 atom stereocenters. The number of fused-ring (bicyclic) bond motifs is 1. The van der Waals surface area contributed by atoms with Gasteiger partial charge in [0.2, 0.25) is 17.6 Å². The topological polar surface area (TPSA) is 121 Å². The summed E-state index contributed by atoms with van der Waals surface area (Å²) in [5.74, 6) is -2.25. The molecule has 4 aliphatic carbocycles. The smallest absolute Gasteiger partial charge is 0.238 e. The summed E-state index contributed by atoms with van der Waals surface area (Å²) >= 11 is 0. The van der Waals surface area contributed by atoms with Crippen molar-refractivity contribution in [1.29, 1.82) is 0 Å². The third-order valence-corrected chi connectivity index (χ3v) is 16.1. The lowest BCUT2D eigenvalue weighted by Gasteiger charge is -2.49. The number of likely N-dealkylation sites (tertiary alicyclic amines) is 2. The van der Waals surface area contributed by atoms with Crippen LogP contribution in [0.25, 0.3) is 0 Å². The molecule has 55 heavy (non-hydrogen) atoms. The van der Waals surface area contributed by atoms with Crippen molar-refractivity contribution in [3.63, 3.8) is 0 Å². The van der Waals surface area contributed by atoms with Gasteiger partial charge in [0.1, 0.15) is 0 Å². The summed E-state index contributed by atoms with van der Waals surface area (Å²) < 4.78 is 0. The van der Waals surface area contributed by atoms with Gasteiger partial charge in [-0.05, 0) is 107 Å². The van der Waals surface area contributed by atoms with E-state index in [9.17, 15) is 24.0 Å². The predicted octanol–water partition coefficient (Wildman–Crippen LogP) is 7.66. The molecular formula is C46H73N3O6. The van der Waals surface area contributed by atoms with Gasteiger partial charge >= 0.3 is 0 Å². The van der Waals surface area contributed by atoms with Crippen molar-refractivity contribution in [2.75, 3.05) is 13.1 Å². The third-order valence-electron chi connectivity index (χ3n) is 16.1. The SMILES string of the molecule is CCC[C@H](CC(=O)[C@@H]1C[C@@]2(CN1C(=O)[C@@H](CC(=O)[C@@H](NC(=O)C1CCN1C(C)(C)C)C1CCCCC1)C(C)(C)C)C(C)(C)C21CCC1)C(=O)C(=O)CC1CC1. The lowest BCUT2D eigenvalue weighted by molar-refractivity contribution is -0.147. The molecule has 9 heteroatoms. The highest BCUT2D eigenvalue weighted by atomic mass is 16.2. The van der Waals surface area contributed by atoms with Crippen LogP contribution in [0.5, 0.6) is 0 Å². The lowest BCUT2D eigenvalue weighted by atomic mass is 9.73. The van der Waals surface area contributed by atoms with E-state index in [4.69, 9.17) is 0 Å². The second-order valence-electron chi connectivity index (χ2n) is 21.6. The zero-order valence-corrected chi connectivity index (χ0v) is 35.8. The number of ketones is 4. The van der Waals surface area contributed by atoms with Gasteiger partial charge in [0.15, 0.2) is 17.3 Å². The zero-order valence-electron chi connectivity index (χ0n) is 35.8. The summed E-state index contributed by atoms with van der Waals surface area (Å²) in [6.07, 6.45) is 13.0. The average Bonchev–Trinajstić information content (AvgIpc) is 3.88. The Morgan fingerprint density at radius 2 is 1.45 bits per heavy atom.